The van der Waals surface area contributed by atoms with E-state index in [0.29, 0.717) is 78.5 Å². The number of amides is 1. The predicted molar refractivity (Wildman–Crippen MR) is 145 cm³/mol. The lowest BCUT2D eigenvalue weighted by molar-refractivity contribution is 0.0917. The molecule has 0 atom stereocenters. The van der Waals surface area contributed by atoms with Crippen molar-refractivity contribution in [1.82, 2.24) is 10.2 Å². The van der Waals surface area contributed by atoms with E-state index in [1.165, 1.54) is 12.1 Å². The molecule has 3 aliphatic rings. The van der Waals surface area contributed by atoms with Crippen LogP contribution in [0.5, 0.6) is 0 Å². The van der Waals surface area contributed by atoms with Gasteiger partial charge in [0.05, 0.1) is 18.6 Å². The zero-order chi connectivity index (χ0) is 27.1. The van der Waals surface area contributed by atoms with Gasteiger partial charge in [0, 0.05) is 66.7 Å². The number of carbonyl (C=O) groups excluding carboxylic acids is 1. The van der Waals surface area contributed by atoms with Gasteiger partial charge in [0.2, 0.25) is 0 Å². The number of hydrogen-bond acceptors (Lipinski definition) is 7. The molecule has 2 fully saturated rings. The second-order valence-electron chi connectivity index (χ2n) is 10.7. The van der Waals surface area contributed by atoms with Gasteiger partial charge in [-0.25, -0.2) is 8.78 Å². The molecule has 2 aromatic carbocycles. The van der Waals surface area contributed by atoms with E-state index in [0.717, 1.165) is 32.0 Å². The van der Waals surface area contributed by atoms with Crippen LogP contribution in [-0.2, 0) is 17.7 Å². The number of nitrogens with one attached hydrogen (secondary N) is 1. The van der Waals surface area contributed by atoms with E-state index in [-0.39, 0.29) is 23.9 Å². The van der Waals surface area contributed by atoms with Gasteiger partial charge in [-0.05, 0) is 57.6 Å². The summed E-state index contributed by atoms with van der Waals surface area (Å²) in [5.74, 6) is -1.01. The Morgan fingerprint density at radius 1 is 1.03 bits per heavy atom. The number of hydrogen-bond donors (Lipinski definition) is 1. The van der Waals surface area contributed by atoms with Gasteiger partial charge in [-0.15, -0.1) is 0 Å². The highest BCUT2D eigenvalue weighted by molar-refractivity contribution is 5.99. The van der Waals surface area contributed by atoms with Crippen molar-refractivity contribution in [2.24, 2.45) is 0 Å². The van der Waals surface area contributed by atoms with Crippen LogP contribution in [0.3, 0.4) is 0 Å². The minimum atomic E-state index is -0.643. The molecule has 39 heavy (non-hydrogen) atoms. The Kier molecular flexibility index (Phi) is 6.99. The summed E-state index contributed by atoms with van der Waals surface area (Å²) in [6, 6.07) is 7.09. The topological polar surface area (TPSA) is 78.3 Å². The smallest absolute Gasteiger partial charge is 0.251 e. The lowest BCUT2D eigenvalue weighted by Gasteiger charge is -2.29. The normalized spacial score (nSPS) is 18.5. The molecule has 0 radical (unpaired) electrons. The molecule has 4 heterocycles. The lowest BCUT2D eigenvalue weighted by Crippen LogP contribution is -2.43. The lowest BCUT2D eigenvalue weighted by atomic mass is 10.0. The standard InChI is InChI=1S/C29H32F2N4O4/c1-33-5-2-21(3-6-33)32-29(37)18-12-19(17-35-7-4-22-24(31)14-20(30)15-25(22)35)28-23(13-18)26(36)16-27(39-28)34-8-10-38-11-9-34/h12-16,21H,2-11,17H2,1H3,(H,32,37). The Balaban J connectivity index is 1.39. The van der Waals surface area contributed by atoms with E-state index in [1.54, 1.807) is 12.1 Å². The van der Waals surface area contributed by atoms with Crippen molar-refractivity contribution in [2.45, 2.75) is 31.8 Å². The fourth-order valence-corrected chi connectivity index (χ4v) is 5.78. The van der Waals surface area contributed by atoms with Crippen molar-refractivity contribution in [3.05, 3.63) is 68.9 Å². The molecule has 206 valence electrons. The van der Waals surface area contributed by atoms with Crippen LogP contribution in [0.15, 0.2) is 39.5 Å². The molecular weight excluding hydrogens is 506 g/mol. The number of nitrogens with zero attached hydrogens (tertiary/aromatic N) is 3. The van der Waals surface area contributed by atoms with Crippen LogP contribution < -0.4 is 20.5 Å². The first-order valence-electron chi connectivity index (χ1n) is 13.5. The highest BCUT2D eigenvalue weighted by Crippen LogP contribution is 2.34. The Hall–Kier alpha value is -3.50. The second-order valence-corrected chi connectivity index (χ2v) is 10.7. The summed E-state index contributed by atoms with van der Waals surface area (Å²) in [5, 5.41) is 3.43. The molecule has 8 nitrogen and oxygen atoms in total. The monoisotopic (exact) mass is 538 g/mol. The molecular formula is C29H32F2N4O4. The molecule has 0 saturated carbocycles. The highest BCUT2D eigenvalue weighted by Gasteiger charge is 2.27. The van der Waals surface area contributed by atoms with Crippen molar-refractivity contribution in [3.63, 3.8) is 0 Å². The summed E-state index contributed by atoms with van der Waals surface area (Å²) in [6.45, 7) is 4.79. The van der Waals surface area contributed by atoms with Gasteiger partial charge in [-0.2, -0.15) is 0 Å². The first-order valence-corrected chi connectivity index (χ1v) is 13.5. The first-order chi connectivity index (χ1) is 18.9. The summed E-state index contributed by atoms with van der Waals surface area (Å²) >= 11 is 0. The maximum Gasteiger partial charge on any atom is 0.251 e. The van der Waals surface area contributed by atoms with Crippen molar-refractivity contribution >= 4 is 28.4 Å². The van der Waals surface area contributed by atoms with Crippen LogP contribution in [0, 0.1) is 11.6 Å². The van der Waals surface area contributed by atoms with E-state index in [4.69, 9.17) is 9.15 Å². The van der Waals surface area contributed by atoms with E-state index in [1.807, 2.05) is 9.80 Å². The van der Waals surface area contributed by atoms with E-state index >= 15 is 0 Å². The van der Waals surface area contributed by atoms with Crippen LogP contribution in [0.2, 0.25) is 0 Å². The van der Waals surface area contributed by atoms with Crippen LogP contribution in [0.25, 0.3) is 11.0 Å². The summed E-state index contributed by atoms with van der Waals surface area (Å²) in [4.78, 5) is 32.8. The Labute approximate surface area is 225 Å². The molecule has 0 bridgehead atoms. The molecule has 0 unspecified atom stereocenters. The van der Waals surface area contributed by atoms with E-state index in [2.05, 4.69) is 17.3 Å². The molecule has 0 aliphatic carbocycles. The number of piperidine rings is 1. The number of halogens is 2. The number of ether oxygens (including phenoxy) is 1. The zero-order valence-electron chi connectivity index (χ0n) is 22.0. The van der Waals surface area contributed by atoms with Crippen LogP contribution in [-0.4, -0.2) is 69.8 Å². The van der Waals surface area contributed by atoms with Crippen molar-refractivity contribution in [1.29, 1.82) is 0 Å². The summed E-state index contributed by atoms with van der Waals surface area (Å²) < 4.78 is 40.3. The average Bonchev–Trinajstić information content (AvgIpc) is 3.33. The molecule has 10 heteroatoms. The molecule has 1 aromatic heterocycles. The largest absolute Gasteiger partial charge is 0.440 e. The number of likely N-dealkylation sites (tertiary alicyclic amines) is 1. The van der Waals surface area contributed by atoms with Gasteiger partial charge in [0.1, 0.15) is 17.2 Å². The maximum atomic E-state index is 14.4. The minimum absolute atomic E-state index is 0.0596. The third-order valence-corrected chi connectivity index (χ3v) is 8.00. The number of fused-ring (bicyclic) bond motifs is 2. The average molecular weight is 539 g/mol. The minimum Gasteiger partial charge on any atom is -0.440 e. The summed E-state index contributed by atoms with van der Waals surface area (Å²) in [6.07, 6.45) is 2.16. The Morgan fingerprint density at radius 2 is 1.79 bits per heavy atom. The molecule has 1 N–H and O–H groups in total. The van der Waals surface area contributed by atoms with E-state index < -0.39 is 11.6 Å². The molecule has 0 spiro atoms. The SMILES string of the molecule is CN1CCC(NC(=O)c2cc(CN3CCc4c(F)cc(F)cc43)c3oc(N4CCOCC4)cc(=O)c3c2)CC1. The fraction of sp³-hybridized carbons (Fsp3) is 0.448. The molecule has 2 saturated heterocycles. The summed E-state index contributed by atoms with van der Waals surface area (Å²) in [7, 11) is 2.06. The highest BCUT2D eigenvalue weighted by atomic mass is 19.1. The third-order valence-electron chi connectivity index (χ3n) is 8.00. The van der Waals surface area contributed by atoms with Crippen LogP contribution in [0.4, 0.5) is 20.4 Å². The molecule has 3 aromatic rings. The molecule has 3 aliphatic heterocycles. The molecule has 1 amide bonds. The molecule has 6 rings (SSSR count). The zero-order valence-corrected chi connectivity index (χ0v) is 22.0. The quantitative estimate of drug-likeness (QED) is 0.534. The fourth-order valence-electron chi connectivity index (χ4n) is 5.78. The van der Waals surface area contributed by atoms with Crippen LogP contribution >= 0.6 is 0 Å². The van der Waals surface area contributed by atoms with Crippen molar-refractivity contribution < 1.29 is 22.7 Å². The van der Waals surface area contributed by atoms with Crippen LogP contribution in [0.1, 0.15) is 34.3 Å². The van der Waals surface area contributed by atoms with Gasteiger partial charge in [0.25, 0.3) is 5.91 Å². The predicted octanol–water partition coefficient (Wildman–Crippen LogP) is 3.29. The first kappa shape index (κ1) is 25.8. The second kappa shape index (κ2) is 10.6. The maximum absolute atomic E-state index is 14.4. The number of carbonyl (C=O) groups is 1. The third kappa shape index (κ3) is 5.23. The number of benzene rings is 2. The van der Waals surface area contributed by atoms with Crippen molar-refractivity contribution in [2.75, 3.05) is 62.8 Å². The van der Waals surface area contributed by atoms with Gasteiger partial charge < -0.3 is 29.2 Å². The van der Waals surface area contributed by atoms with Gasteiger partial charge in [0.15, 0.2) is 11.3 Å². The van der Waals surface area contributed by atoms with Crippen molar-refractivity contribution in [3.8, 4) is 0 Å². The summed E-state index contributed by atoms with van der Waals surface area (Å²) in [5.41, 5.74) is 2.07. The Morgan fingerprint density at radius 3 is 2.56 bits per heavy atom. The van der Waals surface area contributed by atoms with Gasteiger partial charge in [-0.1, -0.05) is 0 Å². The number of morpholine rings is 1. The Bertz CT molecular complexity index is 1460. The van der Waals surface area contributed by atoms with E-state index in [9.17, 15) is 18.4 Å². The number of anilines is 2. The number of rotatable bonds is 5. The van der Waals surface area contributed by atoms with Gasteiger partial charge >= 0.3 is 0 Å². The van der Waals surface area contributed by atoms with Gasteiger partial charge in [-0.3, -0.25) is 9.59 Å².